The van der Waals surface area contributed by atoms with E-state index < -0.39 is 0 Å². The fraction of sp³-hybridized carbons (Fsp3) is 0.600. The maximum Gasteiger partial charge on any atom is 0.123 e. The van der Waals surface area contributed by atoms with Crippen molar-refractivity contribution in [2.24, 2.45) is 5.92 Å². The molecule has 0 heterocycles. The van der Waals surface area contributed by atoms with Gasteiger partial charge in [0.15, 0.2) is 0 Å². The normalized spacial score (nSPS) is 26.8. The number of rotatable bonds is 3. The molecule has 94 valence electrons. The third-order valence-corrected chi connectivity index (χ3v) is 3.79. The summed E-state index contributed by atoms with van der Waals surface area (Å²) in [7, 11) is 0. The third kappa shape index (κ3) is 3.53. The molecule has 1 saturated carbocycles. The Morgan fingerprint density at radius 3 is 2.59 bits per heavy atom. The number of halogens is 1. The van der Waals surface area contributed by atoms with Crippen LogP contribution in [0.5, 0.6) is 0 Å². The first-order valence-electron chi connectivity index (χ1n) is 6.66. The van der Waals surface area contributed by atoms with Crippen molar-refractivity contribution in [1.82, 2.24) is 5.32 Å². The van der Waals surface area contributed by atoms with Crippen LogP contribution in [0.4, 0.5) is 4.39 Å². The summed E-state index contributed by atoms with van der Waals surface area (Å²) in [6, 6.07) is 7.76. The summed E-state index contributed by atoms with van der Waals surface area (Å²) < 4.78 is 12.8. The maximum absolute atomic E-state index is 12.8. The van der Waals surface area contributed by atoms with Gasteiger partial charge in [0.25, 0.3) is 0 Å². The van der Waals surface area contributed by atoms with Crippen LogP contribution < -0.4 is 5.32 Å². The molecule has 0 saturated heterocycles. The Bertz CT molecular complexity index is 346. The molecule has 2 rings (SSSR count). The summed E-state index contributed by atoms with van der Waals surface area (Å²) in [6.07, 6.45) is 5.24. The predicted octanol–water partition coefficient (Wildman–Crippen LogP) is 4.06. The Hall–Kier alpha value is -0.890. The smallest absolute Gasteiger partial charge is 0.123 e. The molecule has 1 aliphatic rings. The fourth-order valence-corrected chi connectivity index (χ4v) is 2.79. The van der Waals surface area contributed by atoms with Crippen LogP contribution in [0.1, 0.15) is 51.1 Å². The number of hydrogen-bond donors (Lipinski definition) is 1. The van der Waals surface area contributed by atoms with E-state index in [9.17, 15) is 4.39 Å². The monoisotopic (exact) mass is 235 g/mol. The van der Waals surface area contributed by atoms with E-state index >= 15 is 0 Å². The zero-order chi connectivity index (χ0) is 12.3. The van der Waals surface area contributed by atoms with Gasteiger partial charge in [0, 0.05) is 12.1 Å². The molecule has 2 unspecified atom stereocenters. The lowest BCUT2D eigenvalue weighted by molar-refractivity contribution is 0.285. The predicted molar refractivity (Wildman–Crippen MR) is 69.4 cm³/mol. The third-order valence-electron chi connectivity index (χ3n) is 3.79. The Morgan fingerprint density at radius 1 is 1.24 bits per heavy atom. The molecule has 0 aliphatic heterocycles. The van der Waals surface area contributed by atoms with Crippen molar-refractivity contribution in [2.75, 3.05) is 0 Å². The van der Waals surface area contributed by atoms with E-state index in [1.54, 1.807) is 0 Å². The van der Waals surface area contributed by atoms with Crippen molar-refractivity contribution in [1.29, 1.82) is 0 Å². The lowest BCUT2D eigenvalue weighted by Crippen LogP contribution is -2.35. The minimum atomic E-state index is -0.160. The highest BCUT2D eigenvalue weighted by Crippen LogP contribution is 2.25. The van der Waals surface area contributed by atoms with Crippen LogP contribution in [0, 0.1) is 11.7 Å². The van der Waals surface area contributed by atoms with Crippen molar-refractivity contribution in [3.8, 4) is 0 Å². The molecule has 1 aromatic carbocycles. The minimum absolute atomic E-state index is 0.160. The molecule has 17 heavy (non-hydrogen) atoms. The molecule has 1 aromatic rings. The first-order valence-corrected chi connectivity index (χ1v) is 6.66. The molecule has 0 aromatic heterocycles. The topological polar surface area (TPSA) is 12.0 Å². The summed E-state index contributed by atoms with van der Waals surface area (Å²) >= 11 is 0. The van der Waals surface area contributed by atoms with Crippen LogP contribution in [-0.4, -0.2) is 6.04 Å². The lowest BCUT2D eigenvalue weighted by Gasteiger charge is -2.30. The summed E-state index contributed by atoms with van der Waals surface area (Å²) in [5.41, 5.74) is 1.17. The molecule has 0 radical (unpaired) electrons. The molecule has 1 N–H and O–H groups in total. The van der Waals surface area contributed by atoms with Crippen molar-refractivity contribution < 1.29 is 4.39 Å². The molecule has 1 nitrogen and oxygen atoms in total. The van der Waals surface area contributed by atoms with E-state index in [1.165, 1.54) is 43.4 Å². The van der Waals surface area contributed by atoms with Gasteiger partial charge >= 0.3 is 0 Å². The number of benzene rings is 1. The van der Waals surface area contributed by atoms with E-state index in [0.29, 0.717) is 12.1 Å². The zero-order valence-electron chi connectivity index (χ0n) is 10.7. The second kappa shape index (κ2) is 5.63. The van der Waals surface area contributed by atoms with Crippen LogP contribution in [0.25, 0.3) is 0 Å². The van der Waals surface area contributed by atoms with Crippen molar-refractivity contribution in [3.63, 3.8) is 0 Å². The van der Waals surface area contributed by atoms with Crippen LogP contribution in [0.3, 0.4) is 0 Å². The minimum Gasteiger partial charge on any atom is -0.307 e. The molecule has 0 bridgehead atoms. The largest absolute Gasteiger partial charge is 0.307 e. The van der Waals surface area contributed by atoms with E-state index in [1.807, 2.05) is 12.1 Å². The molecule has 2 heteroatoms. The van der Waals surface area contributed by atoms with Crippen LogP contribution in [0.15, 0.2) is 24.3 Å². The van der Waals surface area contributed by atoms with Gasteiger partial charge in [-0.2, -0.15) is 0 Å². The molecule has 0 amide bonds. The summed E-state index contributed by atoms with van der Waals surface area (Å²) in [5, 5.41) is 3.66. The highest BCUT2D eigenvalue weighted by molar-refractivity contribution is 5.19. The van der Waals surface area contributed by atoms with Gasteiger partial charge in [-0.15, -0.1) is 0 Å². The Kier molecular flexibility index (Phi) is 4.16. The average molecular weight is 235 g/mol. The lowest BCUT2D eigenvalue weighted by atomic mass is 9.86. The Balaban J connectivity index is 1.91. The molecular formula is C15H22FN. The number of nitrogens with one attached hydrogen (secondary N) is 1. The van der Waals surface area contributed by atoms with Crippen molar-refractivity contribution in [2.45, 2.75) is 51.6 Å². The number of hydrogen-bond acceptors (Lipinski definition) is 1. The fourth-order valence-electron chi connectivity index (χ4n) is 2.79. The standard InChI is InChI=1S/C15H22FN/c1-11-4-3-5-15(10-11)17-12(2)13-6-8-14(16)9-7-13/h6-9,11-12,15,17H,3-5,10H2,1-2H3/t11?,12-,15?/m0/s1. The van der Waals surface area contributed by atoms with Gasteiger partial charge in [-0.05, 0) is 43.4 Å². The first-order chi connectivity index (χ1) is 8.15. The van der Waals surface area contributed by atoms with Crippen molar-refractivity contribution >= 4 is 0 Å². The molecule has 1 fully saturated rings. The van der Waals surface area contributed by atoms with E-state index in [0.717, 1.165) is 5.92 Å². The van der Waals surface area contributed by atoms with Gasteiger partial charge in [0.05, 0.1) is 0 Å². The van der Waals surface area contributed by atoms with Gasteiger partial charge in [-0.25, -0.2) is 4.39 Å². The van der Waals surface area contributed by atoms with Gasteiger partial charge in [0.1, 0.15) is 5.82 Å². The van der Waals surface area contributed by atoms with E-state index in [-0.39, 0.29) is 5.82 Å². The molecule has 1 aliphatic carbocycles. The van der Waals surface area contributed by atoms with Gasteiger partial charge in [0.2, 0.25) is 0 Å². The average Bonchev–Trinajstić information content (AvgIpc) is 2.29. The van der Waals surface area contributed by atoms with Crippen LogP contribution in [-0.2, 0) is 0 Å². The summed E-state index contributed by atoms with van der Waals surface area (Å²) in [5.74, 6) is 0.675. The Morgan fingerprint density at radius 2 is 1.94 bits per heavy atom. The van der Waals surface area contributed by atoms with Crippen LogP contribution in [0.2, 0.25) is 0 Å². The molecule has 3 atom stereocenters. The second-order valence-corrected chi connectivity index (χ2v) is 5.41. The van der Waals surface area contributed by atoms with Crippen LogP contribution >= 0.6 is 0 Å². The van der Waals surface area contributed by atoms with Gasteiger partial charge in [-0.1, -0.05) is 31.9 Å². The Labute approximate surface area is 103 Å². The summed E-state index contributed by atoms with van der Waals surface area (Å²) in [4.78, 5) is 0. The van der Waals surface area contributed by atoms with Gasteiger partial charge < -0.3 is 5.32 Å². The maximum atomic E-state index is 12.8. The summed E-state index contributed by atoms with van der Waals surface area (Å²) in [6.45, 7) is 4.49. The highest BCUT2D eigenvalue weighted by atomic mass is 19.1. The second-order valence-electron chi connectivity index (χ2n) is 5.41. The highest BCUT2D eigenvalue weighted by Gasteiger charge is 2.20. The van der Waals surface area contributed by atoms with Gasteiger partial charge in [-0.3, -0.25) is 0 Å². The van der Waals surface area contributed by atoms with E-state index in [4.69, 9.17) is 0 Å². The SMILES string of the molecule is CC1CCCC(N[C@@H](C)c2ccc(F)cc2)C1. The molecular weight excluding hydrogens is 213 g/mol. The zero-order valence-corrected chi connectivity index (χ0v) is 10.7. The quantitative estimate of drug-likeness (QED) is 0.833. The van der Waals surface area contributed by atoms with E-state index in [2.05, 4.69) is 19.2 Å². The van der Waals surface area contributed by atoms with Crippen molar-refractivity contribution in [3.05, 3.63) is 35.6 Å². The molecule has 0 spiro atoms. The first kappa shape index (κ1) is 12.6.